The van der Waals surface area contributed by atoms with Gasteiger partial charge in [-0.05, 0) is 29.1 Å². The van der Waals surface area contributed by atoms with Gasteiger partial charge in [0.25, 0.3) is 0 Å². The van der Waals surface area contributed by atoms with Crippen molar-refractivity contribution in [3.05, 3.63) is 52.5 Å². The smallest absolute Gasteiger partial charge is 0.228 e. The van der Waals surface area contributed by atoms with Crippen LogP contribution in [0.15, 0.2) is 42.0 Å². The summed E-state index contributed by atoms with van der Waals surface area (Å²) in [5, 5.41) is 1.97. The molecule has 3 rings (SSSR count). The minimum absolute atomic E-state index is 0.0247. The molecule has 7 heteroatoms. The number of rotatable bonds is 5. The molecule has 0 radical (unpaired) electrons. The molecule has 3 heterocycles. The van der Waals surface area contributed by atoms with E-state index in [1.54, 1.807) is 28.6 Å². The quantitative estimate of drug-likeness (QED) is 0.834. The van der Waals surface area contributed by atoms with Crippen molar-refractivity contribution < 1.29 is 13.2 Å². The Morgan fingerprint density at radius 2 is 1.95 bits per heavy atom. The first-order chi connectivity index (χ1) is 10.5. The fourth-order valence-corrected chi connectivity index (χ4v) is 4.61. The highest BCUT2D eigenvalue weighted by Gasteiger charge is 2.40. The summed E-state index contributed by atoms with van der Waals surface area (Å²) < 4.78 is 22.6. The van der Waals surface area contributed by atoms with Crippen molar-refractivity contribution in [2.24, 2.45) is 5.92 Å². The average molecular weight is 336 g/mol. The SMILES string of the molecule is O=C(C1CS(=O)(=O)C1)N(Cc1ccncc1)Cc1cccs1. The third kappa shape index (κ3) is 3.53. The number of hydrogen-bond donors (Lipinski definition) is 0. The lowest BCUT2D eigenvalue weighted by Gasteiger charge is -2.31. The van der Waals surface area contributed by atoms with Crippen LogP contribution in [0.5, 0.6) is 0 Å². The predicted octanol–water partition coefficient (Wildman–Crippen LogP) is 1.72. The monoisotopic (exact) mass is 336 g/mol. The molecule has 0 spiro atoms. The Hall–Kier alpha value is -1.73. The van der Waals surface area contributed by atoms with Crippen LogP contribution in [-0.2, 0) is 27.7 Å². The van der Waals surface area contributed by atoms with Crippen molar-refractivity contribution in [1.29, 1.82) is 0 Å². The number of aromatic nitrogens is 1. The Bertz CT molecular complexity index is 730. The van der Waals surface area contributed by atoms with E-state index in [1.165, 1.54) is 0 Å². The molecule has 1 aliphatic rings. The number of thiophene rings is 1. The molecule has 0 aromatic carbocycles. The maximum absolute atomic E-state index is 12.6. The van der Waals surface area contributed by atoms with Crippen molar-refractivity contribution in [3.8, 4) is 0 Å². The molecule has 1 amide bonds. The van der Waals surface area contributed by atoms with Gasteiger partial charge in [0.2, 0.25) is 5.91 Å². The molecule has 0 unspecified atom stereocenters. The van der Waals surface area contributed by atoms with Gasteiger partial charge < -0.3 is 4.90 Å². The molecule has 0 N–H and O–H groups in total. The number of pyridine rings is 1. The number of amides is 1. The molecular weight excluding hydrogens is 320 g/mol. The molecule has 0 bridgehead atoms. The standard InChI is InChI=1S/C15H16N2O3S2/c18-15(13-10-22(19,20)11-13)17(9-14-2-1-7-21-14)8-12-3-5-16-6-4-12/h1-7,13H,8-11H2. The molecular formula is C15H16N2O3S2. The van der Waals surface area contributed by atoms with E-state index in [2.05, 4.69) is 4.98 Å². The molecule has 0 saturated carbocycles. The van der Waals surface area contributed by atoms with Crippen LogP contribution in [0.1, 0.15) is 10.4 Å². The summed E-state index contributed by atoms with van der Waals surface area (Å²) in [6, 6.07) is 7.66. The molecule has 116 valence electrons. The number of hydrogen-bond acceptors (Lipinski definition) is 5. The van der Waals surface area contributed by atoms with E-state index in [1.807, 2.05) is 29.6 Å². The Kier molecular flexibility index (Phi) is 4.26. The first kappa shape index (κ1) is 15.2. The molecule has 2 aromatic rings. The average Bonchev–Trinajstić information content (AvgIpc) is 2.97. The molecule has 0 atom stereocenters. The second-order valence-electron chi connectivity index (χ2n) is 5.40. The molecule has 1 saturated heterocycles. The zero-order valence-electron chi connectivity index (χ0n) is 11.9. The third-order valence-electron chi connectivity index (χ3n) is 3.62. The van der Waals surface area contributed by atoms with E-state index < -0.39 is 15.8 Å². The second kappa shape index (κ2) is 6.18. The van der Waals surface area contributed by atoms with Gasteiger partial charge in [-0.3, -0.25) is 9.78 Å². The van der Waals surface area contributed by atoms with Crippen molar-refractivity contribution in [2.45, 2.75) is 13.1 Å². The van der Waals surface area contributed by atoms with Crippen LogP contribution in [0.4, 0.5) is 0 Å². The fraction of sp³-hybridized carbons (Fsp3) is 0.333. The Morgan fingerprint density at radius 1 is 1.23 bits per heavy atom. The van der Waals surface area contributed by atoms with Crippen molar-refractivity contribution in [3.63, 3.8) is 0 Å². The van der Waals surface area contributed by atoms with Crippen LogP contribution in [-0.4, -0.2) is 35.7 Å². The summed E-state index contributed by atoms with van der Waals surface area (Å²) in [6.45, 7) is 0.977. The molecule has 1 fully saturated rings. The van der Waals surface area contributed by atoms with Crippen molar-refractivity contribution >= 4 is 27.1 Å². The number of carbonyl (C=O) groups is 1. The largest absolute Gasteiger partial charge is 0.333 e. The normalized spacial score (nSPS) is 16.9. The Morgan fingerprint density at radius 3 is 2.55 bits per heavy atom. The molecule has 22 heavy (non-hydrogen) atoms. The second-order valence-corrected chi connectivity index (χ2v) is 8.59. The number of carbonyl (C=O) groups excluding carboxylic acids is 1. The minimum Gasteiger partial charge on any atom is -0.333 e. The lowest BCUT2D eigenvalue weighted by Crippen LogP contribution is -2.48. The van der Waals surface area contributed by atoms with Gasteiger partial charge in [-0.15, -0.1) is 11.3 Å². The fourth-order valence-electron chi connectivity index (χ4n) is 2.48. The van der Waals surface area contributed by atoms with E-state index in [9.17, 15) is 13.2 Å². The molecule has 0 aliphatic carbocycles. The van der Waals surface area contributed by atoms with Crippen LogP contribution in [0.2, 0.25) is 0 Å². The lowest BCUT2D eigenvalue weighted by atomic mass is 10.1. The number of nitrogens with zero attached hydrogens (tertiary/aromatic N) is 2. The summed E-state index contributed by atoms with van der Waals surface area (Å²) in [4.78, 5) is 19.4. The Labute approximate surface area is 133 Å². The Balaban J connectivity index is 1.75. The van der Waals surface area contributed by atoms with Gasteiger partial charge in [0.05, 0.1) is 24.0 Å². The van der Waals surface area contributed by atoms with Gasteiger partial charge in [-0.1, -0.05) is 6.07 Å². The van der Waals surface area contributed by atoms with E-state index in [0.717, 1.165) is 10.4 Å². The van der Waals surface area contributed by atoms with Gasteiger partial charge in [-0.25, -0.2) is 8.42 Å². The van der Waals surface area contributed by atoms with Crippen LogP contribution >= 0.6 is 11.3 Å². The highest BCUT2D eigenvalue weighted by Crippen LogP contribution is 2.23. The van der Waals surface area contributed by atoms with Crippen molar-refractivity contribution in [2.75, 3.05) is 11.5 Å². The molecule has 5 nitrogen and oxygen atoms in total. The first-order valence-corrected chi connectivity index (χ1v) is 9.64. The lowest BCUT2D eigenvalue weighted by molar-refractivity contribution is -0.135. The van der Waals surface area contributed by atoms with E-state index in [-0.39, 0.29) is 17.4 Å². The maximum Gasteiger partial charge on any atom is 0.228 e. The zero-order valence-corrected chi connectivity index (χ0v) is 13.5. The third-order valence-corrected chi connectivity index (χ3v) is 6.30. The topological polar surface area (TPSA) is 67.3 Å². The minimum atomic E-state index is -3.00. The van der Waals surface area contributed by atoms with Crippen molar-refractivity contribution in [1.82, 2.24) is 9.88 Å². The first-order valence-electron chi connectivity index (χ1n) is 6.94. The summed E-state index contributed by atoms with van der Waals surface area (Å²) in [6.07, 6.45) is 3.38. The van der Waals surface area contributed by atoms with Gasteiger partial charge in [-0.2, -0.15) is 0 Å². The van der Waals surface area contributed by atoms with Crippen LogP contribution in [0, 0.1) is 5.92 Å². The molecule has 2 aromatic heterocycles. The van der Waals surface area contributed by atoms with E-state index >= 15 is 0 Å². The summed E-state index contributed by atoms with van der Waals surface area (Å²) in [7, 11) is -3.00. The van der Waals surface area contributed by atoms with E-state index in [4.69, 9.17) is 0 Å². The van der Waals surface area contributed by atoms with Gasteiger partial charge >= 0.3 is 0 Å². The summed E-state index contributed by atoms with van der Waals surface area (Å²) in [5.74, 6) is -0.529. The summed E-state index contributed by atoms with van der Waals surface area (Å²) >= 11 is 1.59. The van der Waals surface area contributed by atoms with Gasteiger partial charge in [0.1, 0.15) is 0 Å². The van der Waals surface area contributed by atoms with E-state index in [0.29, 0.717) is 13.1 Å². The number of sulfone groups is 1. The zero-order chi connectivity index (χ0) is 15.6. The van der Waals surface area contributed by atoms with Crippen LogP contribution < -0.4 is 0 Å². The van der Waals surface area contributed by atoms with Gasteiger partial charge in [0, 0.05) is 23.8 Å². The molecule has 1 aliphatic heterocycles. The van der Waals surface area contributed by atoms with Crippen LogP contribution in [0.3, 0.4) is 0 Å². The highest BCUT2D eigenvalue weighted by molar-refractivity contribution is 7.92. The maximum atomic E-state index is 12.6. The van der Waals surface area contributed by atoms with Crippen LogP contribution in [0.25, 0.3) is 0 Å². The summed E-state index contributed by atoms with van der Waals surface area (Å²) in [5.41, 5.74) is 0.988. The van der Waals surface area contributed by atoms with Gasteiger partial charge in [0.15, 0.2) is 9.84 Å². The highest BCUT2D eigenvalue weighted by atomic mass is 32.2. The predicted molar refractivity (Wildman–Crippen MR) is 85.0 cm³/mol.